The molecule has 3 nitrogen and oxygen atoms in total. The summed E-state index contributed by atoms with van der Waals surface area (Å²) < 4.78 is 39.2. The van der Waals surface area contributed by atoms with E-state index in [0.29, 0.717) is 13.1 Å². The number of para-hydroxylation sites is 1. The summed E-state index contributed by atoms with van der Waals surface area (Å²) in [5.41, 5.74) is 1.38. The summed E-state index contributed by atoms with van der Waals surface area (Å²) in [6.45, 7) is 3.04. The van der Waals surface area contributed by atoms with E-state index in [1.807, 2.05) is 23.1 Å². The van der Waals surface area contributed by atoms with Gasteiger partial charge < -0.3 is 5.32 Å². The van der Waals surface area contributed by atoms with Gasteiger partial charge in [-0.25, -0.2) is 0 Å². The standard InChI is InChI=1S/C19H19F3N2O/c1-13(24-11-10-14-6-2-3-7-15(14)12-24)18(25)23-17-9-5-4-8-16(17)19(20,21)22/h2-9,13H,10-12H2,1H3,(H,23,25)/t13-/m0/s1. The van der Waals surface area contributed by atoms with Gasteiger partial charge in [-0.05, 0) is 36.6 Å². The lowest BCUT2D eigenvalue weighted by molar-refractivity contribution is -0.137. The predicted octanol–water partition coefficient (Wildman–Crippen LogP) is 4.09. The van der Waals surface area contributed by atoms with Gasteiger partial charge in [0.15, 0.2) is 0 Å². The molecule has 0 bridgehead atoms. The Labute approximate surface area is 144 Å². The van der Waals surface area contributed by atoms with Crippen LogP contribution in [0.2, 0.25) is 0 Å². The molecule has 132 valence electrons. The second-order valence-corrected chi connectivity index (χ2v) is 6.20. The average Bonchev–Trinajstić information content (AvgIpc) is 2.60. The second kappa shape index (κ2) is 6.88. The van der Waals surface area contributed by atoms with E-state index in [-0.39, 0.29) is 5.69 Å². The minimum atomic E-state index is -4.50. The van der Waals surface area contributed by atoms with Gasteiger partial charge in [0.05, 0.1) is 17.3 Å². The molecule has 2 aromatic carbocycles. The number of carbonyl (C=O) groups is 1. The number of amides is 1. The Bertz CT molecular complexity index is 773. The maximum absolute atomic E-state index is 13.1. The zero-order chi connectivity index (χ0) is 18.0. The third kappa shape index (κ3) is 3.85. The third-order valence-corrected chi connectivity index (χ3v) is 4.58. The third-order valence-electron chi connectivity index (χ3n) is 4.58. The van der Waals surface area contributed by atoms with Crippen molar-refractivity contribution in [2.75, 3.05) is 11.9 Å². The largest absolute Gasteiger partial charge is 0.418 e. The van der Waals surface area contributed by atoms with E-state index in [2.05, 4.69) is 11.4 Å². The van der Waals surface area contributed by atoms with Crippen LogP contribution in [0.4, 0.5) is 18.9 Å². The van der Waals surface area contributed by atoms with Crippen LogP contribution < -0.4 is 5.32 Å². The highest BCUT2D eigenvalue weighted by Crippen LogP contribution is 2.34. The van der Waals surface area contributed by atoms with Crippen LogP contribution in [0.5, 0.6) is 0 Å². The van der Waals surface area contributed by atoms with Gasteiger partial charge in [-0.15, -0.1) is 0 Å². The zero-order valence-corrected chi connectivity index (χ0v) is 13.8. The van der Waals surface area contributed by atoms with Crippen molar-refractivity contribution >= 4 is 11.6 Å². The van der Waals surface area contributed by atoms with Crippen molar-refractivity contribution in [3.8, 4) is 0 Å². The number of alkyl halides is 3. The lowest BCUT2D eigenvalue weighted by Gasteiger charge is -2.33. The summed E-state index contributed by atoms with van der Waals surface area (Å²) in [5.74, 6) is -0.434. The van der Waals surface area contributed by atoms with Crippen LogP contribution in [0.3, 0.4) is 0 Å². The maximum atomic E-state index is 13.1. The Hall–Kier alpha value is -2.34. The van der Waals surface area contributed by atoms with E-state index >= 15 is 0 Å². The van der Waals surface area contributed by atoms with Crippen molar-refractivity contribution in [2.24, 2.45) is 0 Å². The Kier molecular flexibility index (Phi) is 4.81. The molecule has 0 spiro atoms. The average molecular weight is 348 g/mol. The van der Waals surface area contributed by atoms with Crippen LogP contribution in [0.1, 0.15) is 23.6 Å². The Balaban J connectivity index is 1.72. The highest BCUT2D eigenvalue weighted by Gasteiger charge is 2.34. The summed E-state index contributed by atoms with van der Waals surface area (Å²) in [7, 11) is 0. The zero-order valence-electron chi connectivity index (χ0n) is 13.8. The molecular weight excluding hydrogens is 329 g/mol. The van der Waals surface area contributed by atoms with Crippen molar-refractivity contribution in [1.82, 2.24) is 4.90 Å². The van der Waals surface area contributed by atoms with Crippen molar-refractivity contribution in [2.45, 2.75) is 32.1 Å². The highest BCUT2D eigenvalue weighted by molar-refractivity contribution is 5.95. The van der Waals surface area contributed by atoms with Gasteiger partial charge in [-0.2, -0.15) is 13.2 Å². The van der Waals surface area contributed by atoms with Crippen LogP contribution in [0, 0.1) is 0 Å². The quantitative estimate of drug-likeness (QED) is 0.906. The highest BCUT2D eigenvalue weighted by atomic mass is 19.4. The molecular formula is C19H19F3N2O. The van der Waals surface area contributed by atoms with Gasteiger partial charge in [0.1, 0.15) is 0 Å². The molecule has 0 saturated carbocycles. The first-order valence-electron chi connectivity index (χ1n) is 8.14. The molecule has 1 heterocycles. The number of carbonyl (C=O) groups excluding carboxylic acids is 1. The van der Waals surface area contributed by atoms with E-state index in [1.54, 1.807) is 6.92 Å². The number of halogens is 3. The minimum absolute atomic E-state index is 0.204. The monoisotopic (exact) mass is 348 g/mol. The van der Waals surface area contributed by atoms with E-state index in [9.17, 15) is 18.0 Å². The van der Waals surface area contributed by atoms with Crippen LogP contribution >= 0.6 is 0 Å². The van der Waals surface area contributed by atoms with Crippen molar-refractivity contribution in [3.63, 3.8) is 0 Å². The molecule has 2 aromatic rings. The Morgan fingerprint density at radius 3 is 2.44 bits per heavy atom. The molecule has 0 fully saturated rings. The molecule has 1 aliphatic rings. The summed E-state index contributed by atoms with van der Waals surface area (Å²) >= 11 is 0. The van der Waals surface area contributed by atoms with Gasteiger partial charge in [0.25, 0.3) is 0 Å². The van der Waals surface area contributed by atoms with Crippen molar-refractivity contribution in [3.05, 3.63) is 65.2 Å². The fraction of sp³-hybridized carbons (Fsp3) is 0.316. The summed E-state index contributed by atoms with van der Waals surface area (Å²) in [6.07, 6.45) is -3.68. The molecule has 1 amide bonds. The molecule has 6 heteroatoms. The molecule has 0 radical (unpaired) electrons. The van der Waals surface area contributed by atoms with Crippen molar-refractivity contribution < 1.29 is 18.0 Å². The Morgan fingerprint density at radius 2 is 1.72 bits per heavy atom. The predicted molar refractivity (Wildman–Crippen MR) is 90.1 cm³/mol. The molecule has 25 heavy (non-hydrogen) atoms. The molecule has 1 aliphatic heterocycles. The minimum Gasteiger partial charge on any atom is -0.324 e. The normalized spacial score (nSPS) is 16.2. The first-order chi connectivity index (χ1) is 11.9. The smallest absolute Gasteiger partial charge is 0.324 e. The number of nitrogens with one attached hydrogen (secondary N) is 1. The number of anilines is 1. The number of benzene rings is 2. The van der Waals surface area contributed by atoms with E-state index < -0.39 is 23.7 Å². The fourth-order valence-corrected chi connectivity index (χ4v) is 3.09. The maximum Gasteiger partial charge on any atom is 0.418 e. The number of rotatable bonds is 3. The number of hydrogen-bond acceptors (Lipinski definition) is 2. The molecule has 0 aromatic heterocycles. The second-order valence-electron chi connectivity index (χ2n) is 6.20. The van der Waals surface area contributed by atoms with E-state index in [0.717, 1.165) is 18.1 Å². The van der Waals surface area contributed by atoms with Gasteiger partial charge in [-0.3, -0.25) is 9.69 Å². The molecule has 3 rings (SSSR count). The molecule has 0 unspecified atom stereocenters. The summed E-state index contributed by atoms with van der Waals surface area (Å²) in [5, 5.41) is 2.44. The van der Waals surface area contributed by atoms with E-state index in [4.69, 9.17) is 0 Å². The topological polar surface area (TPSA) is 32.3 Å². The summed E-state index contributed by atoms with van der Waals surface area (Å²) in [4.78, 5) is 14.5. The van der Waals surface area contributed by atoms with Gasteiger partial charge in [-0.1, -0.05) is 36.4 Å². The number of fused-ring (bicyclic) bond motifs is 1. The molecule has 1 atom stereocenters. The first-order valence-corrected chi connectivity index (χ1v) is 8.14. The summed E-state index contributed by atoms with van der Waals surface area (Å²) in [6, 6.07) is 12.5. The van der Waals surface area contributed by atoms with Crippen LogP contribution in [-0.4, -0.2) is 23.4 Å². The van der Waals surface area contributed by atoms with Crippen LogP contribution in [-0.2, 0) is 23.9 Å². The molecule has 0 saturated heterocycles. The fourth-order valence-electron chi connectivity index (χ4n) is 3.09. The van der Waals surface area contributed by atoms with Crippen molar-refractivity contribution in [1.29, 1.82) is 0 Å². The number of hydrogen-bond donors (Lipinski definition) is 1. The number of nitrogens with zero attached hydrogens (tertiary/aromatic N) is 1. The van der Waals surface area contributed by atoms with Gasteiger partial charge in [0.2, 0.25) is 5.91 Å². The first kappa shape index (κ1) is 17.5. The van der Waals surface area contributed by atoms with Gasteiger partial charge in [0, 0.05) is 13.1 Å². The lowest BCUT2D eigenvalue weighted by Crippen LogP contribution is -2.44. The van der Waals surface area contributed by atoms with E-state index in [1.165, 1.54) is 23.8 Å². The Morgan fingerprint density at radius 1 is 1.08 bits per heavy atom. The SMILES string of the molecule is C[C@@H](C(=O)Nc1ccccc1C(F)(F)F)N1CCc2ccccc2C1. The van der Waals surface area contributed by atoms with Crippen LogP contribution in [0.25, 0.3) is 0 Å². The van der Waals surface area contributed by atoms with Crippen LogP contribution in [0.15, 0.2) is 48.5 Å². The molecule has 0 aliphatic carbocycles. The lowest BCUT2D eigenvalue weighted by atomic mass is 9.98. The molecule has 1 N–H and O–H groups in total. The van der Waals surface area contributed by atoms with Gasteiger partial charge >= 0.3 is 6.18 Å².